The van der Waals surface area contributed by atoms with Gasteiger partial charge in [-0.1, -0.05) is 48.5 Å². The van der Waals surface area contributed by atoms with Gasteiger partial charge in [0.15, 0.2) is 24.5 Å². The molecule has 2 amide bonds. The van der Waals surface area contributed by atoms with Crippen LogP contribution in [0.2, 0.25) is 0 Å². The molecule has 0 spiro atoms. The summed E-state index contributed by atoms with van der Waals surface area (Å²) < 4.78 is 109. The van der Waals surface area contributed by atoms with E-state index in [2.05, 4.69) is 15.4 Å². The van der Waals surface area contributed by atoms with Crippen LogP contribution in [0.1, 0.15) is 51.7 Å². The third-order valence-electron chi connectivity index (χ3n) is 9.13. The van der Waals surface area contributed by atoms with Crippen LogP contribution in [-0.4, -0.2) is 91.9 Å². The SMILES string of the molecule is CC(=O)N[C@H]1[C@H](O[C@H](C)[C@H](NC(=O)OCC2c3ccccc3-c3ccccc32)C(=O)Oc2c(F)c(F)c(F)c(F)c2F)O[C@H](COC(C)=O)[C@@H](OC(C)=O)[C@@H]1OC(C)=O. The van der Waals surface area contributed by atoms with Gasteiger partial charge in [0, 0.05) is 33.6 Å². The smallest absolute Gasteiger partial charge is 0.407 e. The second kappa shape index (κ2) is 18.6. The number of ether oxygens (including phenoxy) is 7. The summed E-state index contributed by atoms with van der Waals surface area (Å²) in [5, 5.41) is 4.55. The van der Waals surface area contributed by atoms with Crippen LogP contribution >= 0.6 is 0 Å². The van der Waals surface area contributed by atoms with Crippen LogP contribution in [0.5, 0.6) is 5.75 Å². The Bertz CT molecular complexity index is 2060. The number of hydrogen-bond donors (Lipinski definition) is 2. The Labute approximate surface area is 332 Å². The van der Waals surface area contributed by atoms with Crippen molar-refractivity contribution >= 4 is 35.9 Å². The summed E-state index contributed by atoms with van der Waals surface area (Å²) >= 11 is 0. The molecule has 20 heteroatoms. The maximum Gasteiger partial charge on any atom is 0.407 e. The highest BCUT2D eigenvalue weighted by atomic mass is 19.2. The van der Waals surface area contributed by atoms with Gasteiger partial charge in [-0.25, -0.2) is 22.8 Å². The van der Waals surface area contributed by atoms with E-state index in [9.17, 15) is 50.7 Å². The molecule has 0 radical (unpaired) electrons. The number of carbonyl (C=O) groups excluding carboxylic acids is 6. The van der Waals surface area contributed by atoms with Gasteiger partial charge >= 0.3 is 30.0 Å². The third-order valence-corrected chi connectivity index (χ3v) is 9.13. The monoisotopic (exact) mass is 836 g/mol. The highest BCUT2D eigenvalue weighted by Crippen LogP contribution is 2.44. The molecule has 1 heterocycles. The zero-order chi connectivity index (χ0) is 43.3. The molecule has 15 nitrogen and oxygen atoms in total. The van der Waals surface area contributed by atoms with E-state index in [1.807, 2.05) is 36.4 Å². The molecule has 1 aliphatic carbocycles. The van der Waals surface area contributed by atoms with Crippen molar-refractivity contribution in [2.45, 2.75) is 83.3 Å². The molecular weight excluding hydrogens is 799 g/mol. The molecule has 1 fully saturated rings. The number of hydrogen-bond acceptors (Lipinski definition) is 13. The van der Waals surface area contributed by atoms with E-state index in [4.69, 9.17) is 28.4 Å². The first-order valence-corrected chi connectivity index (χ1v) is 17.8. The quantitative estimate of drug-likeness (QED) is 0.0621. The van der Waals surface area contributed by atoms with E-state index >= 15 is 0 Å². The van der Waals surface area contributed by atoms with Gasteiger partial charge in [-0.05, 0) is 29.2 Å². The summed E-state index contributed by atoms with van der Waals surface area (Å²) in [5.74, 6) is -20.3. The fraction of sp³-hybridized carbons (Fsp3) is 0.385. The third kappa shape index (κ3) is 9.94. The van der Waals surface area contributed by atoms with Crippen molar-refractivity contribution in [3.63, 3.8) is 0 Å². The molecule has 3 aromatic carbocycles. The number of halogens is 5. The van der Waals surface area contributed by atoms with Gasteiger partial charge in [0.25, 0.3) is 0 Å². The molecular formula is C39H37F5N2O13. The Balaban J connectivity index is 1.48. The molecule has 0 aromatic heterocycles. The number of benzene rings is 3. The van der Waals surface area contributed by atoms with Crippen molar-refractivity contribution in [2.75, 3.05) is 13.2 Å². The van der Waals surface area contributed by atoms with Gasteiger partial charge in [-0.15, -0.1) is 0 Å². The van der Waals surface area contributed by atoms with Crippen LogP contribution in [0.4, 0.5) is 26.7 Å². The molecule has 59 heavy (non-hydrogen) atoms. The first kappa shape index (κ1) is 44.0. The molecule has 0 unspecified atom stereocenters. The zero-order valence-corrected chi connectivity index (χ0v) is 31.8. The lowest BCUT2D eigenvalue weighted by Crippen LogP contribution is -2.67. The minimum Gasteiger partial charge on any atom is -0.463 e. The van der Waals surface area contributed by atoms with Gasteiger partial charge < -0.3 is 43.8 Å². The van der Waals surface area contributed by atoms with Crippen molar-refractivity contribution in [1.29, 1.82) is 0 Å². The predicted octanol–water partition coefficient (Wildman–Crippen LogP) is 4.26. The van der Waals surface area contributed by atoms with Gasteiger partial charge in [0.2, 0.25) is 40.7 Å². The molecule has 1 aliphatic heterocycles. The van der Waals surface area contributed by atoms with Gasteiger partial charge in [-0.2, -0.15) is 8.78 Å². The van der Waals surface area contributed by atoms with E-state index in [0.29, 0.717) is 0 Å². The molecule has 316 valence electrons. The lowest BCUT2D eigenvalue weighted by molar-refractivity contribution is -0.287. The average molecular weight is 837 g/mol. The lowest BCUT2D eigenvalue weighted by atomic mass is 9.95. The minimum atomic E-state index is -2.54. The molecule has 0 bridgehead atoms. The number of alkyl carbamates (subject to hydrolysis) is 1. The van der Waals surface area contributed by atoms with Crippen LogP contribution in [0.15, 0.2) is 48.5 Å². The minimum absolute atomic E-state index is 0.315. The van der Waals surface area contributed by atoms with E-state index in [0.717, 1.165) is 56.9 Å². The van der Waals surface area contributed by atoms with E-state index in [-0.39, 0.29) is 6.61 Å². The normalized spacial score (nSPS) is 20.5. The summed E-state index contributed by atoms with van der Waals surface area (Å²) in [7, 11) is 0. The molecule has 0 saturated carbocycles. The Morgan fingerprint density at radius 3 is 1.75 bits per heavy atom. The maximum absolute atomic E-state index is 14.7. The zero-order valence-electron chi connectivity index (χ0n) is 31.8. The van der Waals surface area contributed by atoms with Gasteiger partial charge in [-0.3, -0.25) is 19.2 Å². The topological polar surface area (TPSA) is 191 Å². The standard InChI is InChI=1S/C39H37F5N2O13/c1-16(55-38-33(45-17(2)47)36(57-20(5)50)34(56-19(4)49)26(58-38)15-53-18(3)48)32(37(51)59-35-30(43)28(41)27(40)29(42)31(35)44)46-39(52)54-14-25-23-12-8-6-10-21(23)22-11-7-9-13-24(22)25/h6-13,16,25-26,32-34,36,38H,14-15H2,1-5H3,(H,45,47)(H,46,52)/t16-,26-,32+,33-,34-,36-,38-/m1/s1. The summed E-state index contributed by atoms with van der Waals surface area (Å²) in [4.78, 5) is 75.7. The summed E-state index contributed by atoms with van der Waals surface area (Å²) in [6.45, 7) is 4.16. The lowest BCUT2D eigenvalue weighted by Gasteiger charge is -2.45. The number of amides is 2. The highest BCUT2D eigenvalue weighted by molar-refractivity contribution is 5.84. The second-order valence-electron chi connectivity index (χ2n) is 13.3. The van der Waals surface area contributed by atoms with Gasteiger partial charge in [0.05, 0.1) is 6.10 Å². The number of nitrogens with one attached hydrogen (secondary N) is 2. The largest absolute Gasteiger partial charge is 0.463 e. The van der Waals surface area contributed by atoms with Gasteiger partial charge in [0.1, 0.15) is 25.4 Å². The van der Waals surface area contributed by atoms with E-state index < -0.39 is 126 Å². The van der Waals surface area contributed by atoms with Crippen LogP contribution < -0.4 is 15.4 Å². The Kier molecular flexibility index (Phi) is 13.9. The number of rotatable bonds is 13. The number of carbonyl (C=O) groups is 6. The fourth-order valence-corrected chi connectivity index (χ4v) is 6.67. The van der Waals surface area contributed by atoms with Crippen LogP contribution in [0, 0.1) is 29.1 Å². The highest BCUT2D eigenvalue weighted by Gasteiger charge is 2.52. The summed E-state index contributed by atoms with van der Waals surface area (Å²) in [5.41, 5.74) is 3.35. The van der Waals surface area contributed by atoms with Crippen LogP contribution in [0.3, 0.4) is 0 Å². The second-order valence-corrected chi connectivity index (χ2v) is 13.3. The molecule has 3 aromatic rings. The molecule has 1 saturated heterocycles. The molecule has 2 N–H and O–H groups in total. The molecule has 2 aliphatic rings. The van der Waals surface area contributed by atoms with Crippen LogP contribution in [-0.2, 0) is 52.4 Å². The fourth-order valence-electron chi connectivity index (χ4n) is 6.67. The Morgan fingerprint density at radius 1 is 0.695 bits per heavy atom. The van der Waals surface area contributed by atoms with E-state index in [1.165, 1.54) is 0 Å². The van der Waals surface area contributed by atoms with Crippen molar-refractivity contribution in [2.24, 2.45) is 0 Å². The molecule has 5 rings (SSSR count). The van der Waals surface area contributed by atoms with Crippen molar-refractivity contribution in [1.82, 2.24) is 10.6 Å². The molecule has 7 atom stereocenters. The van der Waals surface area contributed by atoms with Crippen molar-refractivity contribution < 1.29 is 83.9 Å². The Hall–Kier alpha value is -6.15. The maximum atomic E-state index is 14.7. The van der Waals surface area contributed by atoms with Crippen LogP contribution in [0.25, 0.3) is 11.1 Å². The average Bonchev–Trinajstić information content (AvgIpc) is 3.50. The first-order valence-electron chi connectivity index (χ1n) is 17.8. The summed E-state index contributed by atoms with van der Waals surface area (Å²) in [6.07, 6.45) is -9.70. The Morgan fingerprint density at radius 2 is 1.22 bits per heavy atom. The first-order chi connectivity index (χ1) is 27.9. The number of esters is 4. The van der Waals surface area contributed by atoms with Crippen molar-refractivity contribution in [3.05, 3.63) is 88.7 Å². The predicted molar refractivity (Wildman–Crippen MR) is 188 cm³/mol. The number of fused-ring (bicyclic) bond motifs is 3. The van der Waals surface area contributed by atoms with Crippen molar-refractivity contribution in [3.8, 4) is 16.9 Å². The van der Waals surface area contributed by atoms with E-state index in [1.54, 1.807) is 12.1 Å². The summed E-state index contributed by atoms with van der Waals surface area (Å²) in [6, 6.07) is 10.8.